The minimum atomic E-state index is -0.575. The van der Waals surface area contributed by atoms with Gasteiger partial charge in [0, 0.05) is 5.02 Å². The molecule has 6 nitrogen and oxygen atoms in total. The van der Waals surface area contributed by atoms with Gasteiger partial charge in [0.2, 0.25) is 5.91 Å². The van der Waals surface area contributed by atoms with E-state index in [1.54, 1.807) is 25.1 Å². The van der Waals surface area contributed by atoms with Crippen molar-refractivity contribution in [1.29, 1.82) is 0 Å². The third kappa shape index (κ3) is 5.67. The molecule has 0 aliphatic rings. The highest BCUT2D eigenvalue weighted by molar-refractivity contribution is 6.31. The molecule has 2 amide bonds. The summed E-state index contributed by atoms with van der Waals surface area (Å²) in [6.07, 6.45) is -0.548. The lowest BCUT2D eigenvalue weighted by molar-refractivity contribution is -0.116. The molecule has 0 saturated carbocycles. The molecule has 0 spiro atoms. The molecule has 0 saturated heterocycles. The number of nitrogens with one attached hydrogen (secondary N) is 2. The van der Waals surface area contributed by atoms with Crippen LogP contribution in [0.15, 0.2) is 48.5 Å². The van der Waals surface area contributed by atoms with E-state index in [0.717, 1.165) is 5.56 Å². The number of ether oxygens (including phenoxy) is 2. The highest BCUT2D eigenvalue weighted by Gasteiger charge is 2.20. The fraction of sp³-hybridized carbons (Fsp3) is 0.263. The van der Waals surface area contributed by atoms with Crippen molar-refractivity contribution in [3.8, 4) is 5.75 Å². The average molecular weight is 377 g/mol. The first-order valence-electron chi connectivity index (χ1n) is 8.15. The number of amides is 2. The van der Waals surface area contributed by atoms with E-state index in [1.807, 2.05) is 30.3 Å². The molecule has 26 heavy (non-hydrogen) atoms. The van der Waals surface area contributed by atoms with Gasteiger partial charge in [0.05, 0.1) is 31.9 Å². The Morgan fingerprint density at radius 3 is 2.54 bits per heavy atom. The van der Waals surface area contributed by atoms with Gasteiger partial charge in [-0.05, 0) is 30.7 Å². The number of methoxy groups -OCH3 is 1. The number of alkyl carbamates (subject to hydrolysis) is 1. The zero-order valence-electron chi connectivity index (χ0n) is 14.6. The van der Waals surface area contributed by atoms with Gasteiger partial charge in [-0.2, -0.15) is 0 Å². The van der Waals surface area contributed by atoms with Crippen molar-refractivity contribution in [1.82, 2.24) is 5.32 Å². The zero-order valence-corrected chi connectivity index (χ0v) is 15.4. The second kappa shape index (κ2) is 9.68. The maximum atomic E-state index is 12.5. The molecule has 0 radical (unpaired) electrons. The van der Waals surface area contributed by atoms with E-state index in [4.69, 9.17) is 21.1 Å². The third-order valence-electron chi connectivity index (χ3n) is 3.59. The van der Waals surface area contributed by atoms with Crippen molar-refractivity contribution in [2.45, 2.75) is 19.4 Å². The van der Waals surface area contributed by atoms with Crippen LogP contribution in [-0.2, 0) is 9.53 Å². The lowest BCUT2D eigenvalue weighted by Crippen LogP contribution is -2.32. The second-order valence-electron chi connectivity index (χ2n) is 5.42. The van der Waals surface area contributed by atoms with Crippen LogP contribution in [0.25, 0.3) is 0 Å². The Kier molecular flexibility index (Phi) is 7.29. The largest absolute Gasteiger partial charge is 0.495 e. The summed E-state index contributed by atoms with van der Waals surface area (Å²) in [4.78, 5) is 24.3. The molecule has 7 heteroatoms. The fourth-order valence-electron chi connectivity index (χ4n) is 2.42. The number of carbonyl (C=O) groups excluding carboxylic acids is 2. The van der Waals surface area contributed by atoms with Crippen LogP contribution in [0.2, 0.25) is 5.02 Å². The number of carbonyl (C=O) groups is 2. The minimum Gasteiger partial charge on any atom is -0.495 e. The molecule has 0 unspecified atom stereocenters. The van der Waals surface area contributed by atoms with Gasteiger partial charge in [0.1, 0.15) is 5.75 Å². The first-order valence-corrected chi connectivity index (χ1v) is 8.53. The van der Waals surface area contributed by atoms with Crippen LogP contribution in [0.5, 0.6) is 5.75 Å². The van der Waals surface area contributed by atoms with Gasteiger partial charge in [-0.1, -0.05) is 41.9 Å². The van der Waals surface area contributed by atoms with Gasteiger partial charge in [0.15, 0.2) is 0 Å². The Balaban J connectivity index is 2.13. The quantitative estimate of drug-likeness (QED) is 0.760. The van der Waals surface area contributed by atoms with E-state index in [0.29, 0.717) is 16.5 Å². The number of benzene rings is 2. The van der Waals surface area contributed by atoms with Crippen LogP contribution in [0.4, 0.5) is 10.5 Å². The summed E-state index contributed by atoms with van der Waals surface area (Å²) >= 11 is 5.98. The predicted molar refractivity (Wildman–Crippen MR) is 101 cm³/mol. The number of hydrogen-bond acceptors (Lipinski definition) is 4. The average Bonchev–Trinajstić information content (AvgIpc) is 2.62. The molecule has 0 heterocycles. The molecule has 0 fully saturated rings. The van der Waals surface area contributed by atoms with Crippen LogP contribution in [0.1, 0.15) is 24.9 Å². The van der Waals surface area contributed by atoms with Crippen LogP contribution in [-0.4, -0.2) is 25.7 Å². The number of rotatable bonds is 7. The molecule has 2 aromatic carbocycles. The molecule has 2 N–H and O–H groups in total. The smallest absolute Gasteiger partial charge is 0.407 e. The van der Waals surface area contributed by atoms with E-state index < -0.39 is 12.1 Å². The summed E-state index contributed by atoms with van der Waals surface area (Å²) in [5.74, 6) is 0.202. The molecule has 0 aromatic heterocycles. The van der Waals surface area contributed by atoms with Gasteiger partial charge in [-0.25, -0.2) is 4.79 Å². The Hall–Kier alpha value is -2.73. The van der Waals surface area contributed by atoms with Crippen molar-refractivity contribution >= 4 is 29.3 Å². The van der Waals surface area contributed by atoms with E-state index in [-0.39, 0.29) is 18.9 Å². The fourth-order valence-corrected chi connectivity index (χ4v) is 2.59. The Bertz CT molecular complexity index is 752. The summed E-state index contributed by atoms with van der Waals surface area (Å²) in [6.45, 7) is 1.97. The maximum absolute atomic E-state index is 12.5. The molecule has 0 aliphatic heterocycles. The zero-order chi connectivity index (χ0) is 18.9. The van der Waals surface area contributed by atoms with Crippen LogP contribution in [0, 0.1) is 0 Å². The molecule has 2 aromatic rings. The number of halogens is 1. The number of anilines is 1. The van der Waals surface area contributed by atoms with E-state index in [1.165, 1.54) is 7.11 Å². The lowest BCUT2D eigenvalue weighted by Gasteiger charge is -2.19. The van der Waals surface area contributed by atoms with E-state index >= 15 is 0 Å². The van der Waals surface area contributed by atoms with Crippen molar-refractivity contribution in [3.05, 3.63) is 59.1 Å². The standard InChI is InChI=1S/C19H21ClN2O4/c1-3-26-19(24)22-15(13-7-5-4-6-8-13)12-18(23)21-16-11-14(20)9-10-17(16)25-2/h4-11,15H,3,12H2,1-2H3,(H,21,23)(H,22,24)/t15-/m1/s1. The van der Waals surface area contributed by atoms with E-state index in [9.17, 15) is 9.59 Å². The van der Waals surface area contributed by atoms with Crippen LogP contribution < -0.4 is 15.4 Å². The Morgan fingerprint density at radius 2 is 1.88 bits per heavy atom. The Labute approximate surface area is 157 Å². The maximum Gasteiger partial charge on any atom is 0.407 e. The topological polar surface area (TPSA) is 76.7 Å². The van der Waals surface area contributed by atoms with Crippen LogP contribution in [0.3, 0.4) is 0 Å². The monoisotopic (exact) mass is 376 g/mol. The molecule has 0 aliphatic carbocycles. The Morgan fingerprint density at radius 1 is 1.15 bits per heavy atom. The van der Waals surface area contributed by atoms with Gasteiger partial charge >= 0.3 is 6.09 Å². The molecule has 1 atom stereocenters. The van der Waals surface area contributed by atoms with E-state index in [2.05, 4.69) is 10.6 Å². The summed E-state index contributed by atoms with van der Waals surface area (Å²) in [5, 5.41) is 5.96. The second-order valence-corrected chi connectivity index (χ2v) is 5.86. The summed E-state index contributed by atoms with van der Waals surface area (Å²) in [6, 6.07) is 13.6. The van der Waals surface area contributed by atoms with Crippen molar-refractivity contribution in [3.63, 3.8) is 0 Å². The van der Waals surface area contributed by atoms with Crippen LogP contribution >= 0.6 is 11.6 Å². The molecule has 138 valence electrons. The lowest BCUT2D eigenvalue weighted by atomic mass is 10.0. The van der Waals surface area contributed by atoms with Crippen molar-refractivity contribution in [2.24, 2.45) is 0 Å². The van der Waals surface area contributed by atoms with Gasteiger partial charge < -0.3 is 20.1 Å². The first kappa shape index (κ1) is 19.6. The molecular weight excluding hydrogens is 356 g/mol. The SMILES string of the molecule is CCOC(=O)N[C@H](CC(=O)Nc1cc(Cl)ccc1OC)c1ccccc1. The summed E-state index contributed by atoms with van der Waals surface area (Å²) in [5.41, 5.74) is 1.27. The number of hydrogen-bond donors (Lipinski definition) is 2. The van der Waals surface area contributed by atoms with Crippen molar-refractivity contribution < 1.29 is 19.1 Å². The highest BCUT2D eigenvalue weighted by atomic mass is 35.5. The molecule has 0 bridgehead atoms. The normalized spacial score (nSPS) is 11.3. The third-order valence-corrected chi connectivity index (χ3v) is 3.83. The summed E-state index contributed by atoms with van der Waals surface area (Å²) in [7, 11) is 1.51. The van der Waals surface area contributed by atoms with Gasteiger partial charge in [0.25, 0.3) is 0 Å². The first-order chi connectivity index (χ1) is 12.5. The minimum absolute atomic E-state index is 0.0263. The highest BCUT2D eigenvalue weighted by Crippen LogP contribution is 2.28. The van der Waals surface area contributed by atoms with Gasteiger partial charge in [-0.15, -0.1) is 0 Å². The predicted octanol–water partition coefficient (Wildman–Crippen LogP) is 4.16. The summed E-state index contributed by atoms with van der Waals surface area (Å²) < 4.78 is 10.2. The van der Waals surface area contributed by atoms with Gasteiger partial charge in [-0.3, -0.25) is 4.79 Å². The molecule has 2 rings (SSSR count). The van der Waals surface area contributed by atoms with Crippen molar-refractivity contribution in [2.75, 3.05) is 19.0 Å². The molecular formula is C19H21ClN2O4.